The Bertz CT molecular complexity index is 1000. The third-order valence-corrected chi connectivity index (χ3v) is 5.50. The molecule has 0 saturated carbocycles. The highest BCUT2D eigenvalue weighted by atomic mass is 32.1. The number of fused-ring (bicyclic) bond motifs is 2. The van der Waals surface area contributed by atoms with Gasteiger partial charge < -0.3 is 9.47 Å². The summed E-state index contributed by atoms with van der Waals surface area (Å²) in [5.74, 6) is 2.10. The first-order valence-electron chi connectivity index (χ1n) is 7.93. The van der Waals surface area contributed by atoms with Crippen LogP contribution in [0.4, 0.5) is 5.82 Å². The predicted molar refractivity (Wildman–Crippen MR) is 96.1 cm³/mol. The van der Waals surface area contributed by atoms with Crippen LogP contribution in [0.2, 0.25) is 0 Å². The van der Waals surface area contributed by atoms with Gasteiger partial charge in [-0.2, -0.15) is 0 Å². The maximum absolute atomic E-state index is 4.58. The summed E-state index contributed by atoms with van der Waals surface area (Å²) in [7, 11) is 0. The topological polar surface area (TPSA) is 46.8 Å². The van der Waals surface area contributed by atoms with Crippen molar-refractivity contribution in [3.63, 3.8) is 0 Å². The summed E-state index contributed by atoms with van der Waals surface area (Å²) in [5.41, 5.74) is 1.22. The van der Waals surface area contributed by atoms with Crippen LogP contribution in [0.25, 0.3) is 20.7 Å². The fraction of sp³-hybridized carbons (Fsp3) is 0.167. The first-order valence-corrected chi connectivity index (χ1v) is 8.75. The zero-order valence-electron chi connectivity index (χ0n) is 13.0. The molecule has 5 nitrogen and oxygen atoms in total. The average Bonchev–Trinajstić information content (AvgIpc) is 3.28. The summed E-state index contributed by atoms with van der Waals surface area (Å²) in [6, 6.07) is 12.7. The molecule has 0 fully saturated rings. The van der Waals surface area contributed by atoms with Gasteiger partial charge in [-0.15, -0.1) is 11.3 Å². The lowest BCUT2D eigenvalue weighted by atomic mass is 10.2. The van der Waals surface area contributed by atoms with Crippen LogP contribution >= 0.6 is 11.3 Å². The van der Waals surface area contributed by atoms with Gasteiger partial charge >= 0.3 is 0 Å². The van der Waals surface area contributed by atoms with Gasteiger partial charge in [-0.05, 0) is 11.6 Å². The number of nitrogens with zero attached hydrogens (tertiary/aromatic N) is 5. The number of thiophene rings is 1. The van der Waals surface area contributed by atoms with E-state index in [1.54, 1.807) is 17.7 Å². The lowest BCUT2D eigenvalue weighted by Gasteiger charge is -2.28. The van der Waals surface area contributed by atoms with E-state index in [4.69, 9.17) is 0 Å². The lowest BCUT2D eigenvalue weighted by molar-refractivity contribution is 0.557. The molecule has 4 aromatic rings. The summed E-state index contributed by atoms with van der Waals surface area (Å²) in [6.45, 7) is 2.66. The molecular formula is C18H15N5S. The van der Waals surface area contributed by atoms with Crippen molar-refractivity contribution in [2.24, 2.45) is 0 Å². The third-order valence-electron chi connectivity index (χ3n) is 4.41. The van der Waals surface area contributed by atoms with E-state index in [9.17, 15) is 0 Å². The second-order valence-electron chi connectivity index (χ2n) is 5.85. The van der Waals surface area contributed by atoms with Gasteiger partial charge in [0.15, 0.2) is 0 Å². The number of hydrogen-bond donors (Lipinski definition) is 0. The smallest absolute Gasteiger partial charge is 0.141 e. The van der Waals surface area contributed by atoms with Gasteiger partial charge in [0.25, 0.3) is 0 Å². The summed E-state index contributed by atoms with van der Waals surface area (Å²) in [4.78, 5) is 18.1. The maximum Gasteiger partial charge on any atom is 0.141 e. The molecule has 1 aliphatic heterocycles. The summed E-state index contributed by atoms with van der Waals surface area (Å²) < 4.78 is 2.21. The molecule has 0 aliphatic carbocycles. The van der Waals surface area contributed by atoms with Gasteiger partial charge in [-0.25, -0.2) is 15.0 Å². The minimum Gasteiger partial charge on any atom is -0.347 e. The Hall–Kier alpha value is -2.73. The minimum atomic E-state index is 0.787. The van der Waals surface area contributed by atoms with E-state index in [0.717, 1.165) is 41.5 Å². The highest BCUT2D eigenvalue weighted by molar-refractivity contribution is 7.21. The molecule has 118 valence electrons. The summed E-state index contributed by atoms with van der Waals surface area (Å²) in [5, 5.41) is 1.13. The van der Waals surface area contributed by atoms with E-state index in [1.807, 2.05) is 18.5 Å². The van der Waals surface area contributed by atoms with Gasteiger partial charge in [0.1, 0.15) is 22.8 Å². The molecule has 0 amide bonds. The molecule has 1 aliphatic rings. The molecule has 0 atom stereocenters. The predicted octanol–water partition coefficient (Wildman–Crippen LogP) is 3.58. The van der Waals surface area contributed by atoms with Crippen molar-refractivity contribution in [2.75, 3.05) is 11.4 Å². The summed E-state index contributed by atoms with van der Waals surface area (Å²) >= 11 is 1.72. The highest BCUT2D eigenvalue weighted by Gasteiger charge is 2.21. The molecular weight excluding hydrogens is 318 g/mol. The van der Waals surface area contributed by atoms with Crippen molar-refractivity contribution < 1.29 is 0 Å². The van der Waals surface area contributed by atoms with Crippen molar-refractivity contribution in [3.05, 3.63) is 60.9 Å². The number of benzene rings is 1. The Morgan fingerprint density at radius 2 is 1.92 bits per heavy atom. The molecule has 0 spiro atoms. The lowest BCUT2D eigenvalue weighted by Crippen LogP contribution is -2.34. The van der Waals surface area contributed by atoms with Crippen molar-refractivity contribution in [1.29, 1.82) is 0 Å². The zero-order valence-corrected chi connectivity index (χ0v) is 13.8. The fourth-order valence-corrected chi connectivity index (χ4v) is 4.19. The molecule has 5 rings (SSSR count). The van der Waals surface area contributed by atoms with Crippen molar-refractivity contribution in [2.45, 2.75) is 13.1 Å². The Labute approximate surface area is 143 Å². The van der Waals surface area contributed by atoms with E-state index < -0.39 is 0 Å². The molecule has 6 heteroatoms. The number of rotatable bonds is 2. The molecule has 0 bridgehead atoms. The van der Waals surface area contributed by atoms with Crippen molar-refractivity contribution in [1.82, 2.24) is 19.5 Å². The van der Waals surface area contributed by atoms with Gasteiger partial charge in [-0.1, -0.05) is 30.3 Å². The standard InChI is InChI=1S/C18H15N5S/c1-2-4-13(5-3-1)15-10-14-17(20-12-21-18(14)24-15)23-9-8-22-7-6-19-16(22)11-23/h1-7,10,12H,8-9,11H2. The maximum atomic E-state index is 4.58. The quantitative estimate of drug-likeness (QED) is 0.562. The molecule has 3 aromatic heterocycles. The normalized spacial score (nSPS) is 14.1. The number of hydrogen-bond acceptors (Lipinski definition) is 5. The largest absolute Gasteiger partial charge is 0.347 e. The van der Waals surface area contributed by atoms with Gasteiger partial charge in [0.2, 0.25) is 0 Å². The second kappa shape index (κ2) is 5.42. The number of imidazole rings is 1. The fourth-order valence-electron chi connectivity index (χ4n) is 3.19. The van der Waals surface area contributed by atoms with Crippen molar-refractivity contribution in [3.8, 4) is 10.4 Å². The third kappa shape index (κ3) is 2.18. The van der Waals surface area contributed by atoms with Gasteiger partial charge in [0, 0.05) is 30.4 Å². The zero-order chi connectivity index (χ0) is 15.9. The molecule has 0 saturated heterocycles. The van der Waals surface area contributed by atoms with E-state index in [-0.39, 0.29) is 0 Å². The minimum absolute atomic E-state index is 0.787. The van der Waals surface area contributed by atoms with Crippen LogP contribution in [-0.4, -0.2) is 26.1 Å². The number of aromatic nitrogens is 4. The van der Waals surface area contributed by atoms with E-state index in [1.165, 1.54) is 10.4 Å². The van der Waals surface area contributed by atoms with Crippen LogP contribution < -0.4 is 4.90 Å². The number of anilines is 1. The van der Waals surface area contributed by atoms with E-state index in [0.29, 0.717) is 0 Å². The van der Waals surface area contributed by atoms with Crippen LogP contribution in [0.15, 0.2) is 55.1 Å². The van der Waals surface area contributed by atoms with Crippen LogP contribution in [0.5, 0.6) is 0 Å². The first kappa shape index (κ1) is 13.7. The Kier molecular flexibility index (Phi) is 3.09. The Balaban J connectivity index is 1.58. The van der Waals surface area contributed by atoms with E-state index in [2.05, 4.69) is 54.8 Å². The molecule has 1 aromatic carbocycles. The summed E-state index contributed by atoms with van der Waals surface area (Å²) in [6.07, 6.45) is 5.58. The molecule has 24 heavy (non-hydrogen) atoms. The SMILES string of the molecule is c1ccc(-c2cc3c(N4CCn5ccnc5C4)ncnc3s2)cc1. The molecule has 0 N–H and O–H groups in total. The molecule has 0 unspecified atom stereocenters. The average molecular weight is 333 g/mol. The van der Waals surface area contributed by atoms with Crippen molar-refractivity contribution >= 4 is 27.4 Å². The second-order valence-corrected chi connectivity index (χ2v) is 6.88. The van der Waals surface area contributed by atoms with Crippen LogP contribution in [0.3, 0.4) is 0 Å². The van der Waals surface area contributed by atoms with Crippen LogP contribution in [0.1, 0.15) is 5.82 Å². The Morgan fingerprint density at radius 3 is 2.83 bits per heavy atom. The molecule has 4 heterocycles. The Morgan fingerprint density at radius 1 is 1.00 bits per heavy atom. The van der Waals surface area contributed by atoms with E-state index >= 15 is 0 Å². The first-order chi connectivity index (χ1) is 11.9. The molecule has 0 radical (unpaired) electrons. The monoisotopic (exact) mass is 333 g/mol. The highest BCUT2D eigenvalue weighted by Crippen LogP contribution is 2.36. The van der Waals surface area contributed by atoms with Gasteiger partial charge in [-0.3, -0.25) is 0 Å². The van der Waals surface area contributed by atoms with Crippen LogP contribution in [0, 0.1) is 0 Å². The van der Waals surface area contributed by atoms with Gasteiger partial charge in [0.05, 0.1) is 11.9 Å². The van der Waals surface area contributed by atoms with Crippen LogP contribution in [-0.2, 0) is 13.1 Å².